The number of rotatable bonds is 14. The number of nitrogens with zero attached hydrogens (tertiary/aromatic N) is 2. The van der Waals surface area contributed by atoms with Gasteiger partial charge in [0.15, 0.2) is 0 Å². The fraction of sp³-hybridized carbons (Fsp3) is 0.433. The van der Waals surface area contributed by atoms with Crippen LogP contribution in [0.2, 0.25) is 0 Å². The predicted molar refractivity (Wildman–Crippen MR) is 149 cm³/mol. The molecule has 3 amide bonds. The zero-order valence-corrected chi connectivity index (χ0v) is 22.3. The van der Waals surface area contributed by atoms with Crippen LogP contribution in [-0.4, -0.2) is 35.3 Å². The van der Waals surface area contributed by atoms with Gasteiger partial charge in [0.05, 0.1) is 5.92 Å². The van der Waals surface area contributed by atoms with Crippen LogP contribution in [0.4, 0.5) is 17.1 Å². The third-order valence-corrected chi connectivity index (χ3v) is 6.48. The number of anilines is 3. The molecule has 7 nitrogen and oxygen atoms in total. The number of hydrazine groups is 1. The molecule has 0 radical (unpaired) electrons. The summed E-state index contributed by atoms with van der Waals surface area (Å²) in [6.07, 6.45) is 9.61. The van der Waals surface area contributed by atoms with Crippen LogP contribution in [0.1, 0.15) is 65.7 Å². The highest BCUT2D eigenvalue weighted by Crippen LogP contribution is 2.23. The van der Waals surface area contributed by atoms with Gasteiger partial charge in [-0.2, -0.15) is 5.01 Å². The molecule has 0 bridgehead atoms. The van der Waals surface area contributed by atoms with Gasteiger partial charge in [-0.05, 0) is 63.1 Å². The van der Waals surface area contributed by atoms with Crippen molar-refractivity contribution in [1.82, 2.24) is 10.4 Å². The van der Waals surface area contributed by atoms with E-state index >= 15 is 0 Å². The third kappa shape index (κ3) is 8.48. The highest BCUT2D eigenvalue weighted by Gasteiger charge is 2.38. The largest absolute Gasteiger partial charge is 0.369 e. The lowest BCUT2D eigenvalue weighted by Gasteiger charge is -2.29. The van der Waals surface area contributed by atoms with Crippen molar-refractivity contribution in [1.29, 1.82) is 0 Å². The van der Waals surface area contributed by atoms with Gasteiger partial charge in [-0.1, -0.05) is 56.5 Å². The first-order chi connectivity index (χ1) is 17.9. The maximum absolute atomic E-state index is 12.7. The van der Waals surface area contributed by atoms with Gasteiger partial charge < -0.3 is 10.2 Å². The van der Waals surface area contributed by atoms with Gasteiger partial charge in [0.25, 0.3) is 5.91 Å². The van der Waals surface area contributed by atoms with E-state index in [1.165, 1.54) is 19.3 Å². The van der Waals surface area contributed by atoms with Crippen LogP contribution >= 0.6 is 0 Å². The molecule has 0 saturated carbocycles. The van der Waals surface area contributed by atoms with Crippen LogP contribution < -0.4 is 15.6 Å². The smallest absolute Gasteiger partial charge is 0.255 e. The monoisotopic (exact) mass is 504 g/mol. The Kier molecular flexibility index (Phi) is 10.7. The van der Waals surface area contributed by atoms with Crippen molar-refractivity contribution in [3.63, 3.8) is 0 Å². The van der Waals surface area contributed by atoms with E-state index in [-0.39, 0.29) is 36.6 Å². The van der Waals surface area contributed by atoms with E-state index in [1.54, 1.807) is 0 Å². The second-order valence-electron chi connectivity index (χ2n) is 9.77. The first-order valence-corrected chi connectivity index (χ1v) is 13.4. The number of carbonyl (C=O) groups is 3. The Balaban J connectivity index is 1.50. The highest BCUT2D eigenvalue weighted by atomic mass is 16.2. The van der Waals surface area contributed by atoms with Gasteiger partial charge >= 0.3 is 0 Å². The Morgan fingerprint density at radius 3 is 2.41 bits per heavy atom. The first-order valence-electron chi connectivity index (χ1n) is 13.4. The summed E-state index contributed by atoms with van der Waals surface area (Å²) < 4.78 is 0. The number of benzene rings is 2. The molecule has 1 aliphatic heterocycles. The Morgan fingerprint density at radius 2 is 1.73 bits per heavy atom. The molecular formula is C30H40N4O3. The average molecular weight is 505 g/mol. The first kappa shape index (κ1) is 28.0. The molecule has 2 N–H and O–H groups in total. The number of hydrogen-bond acceptors (Lipinski definition) is 5. The number of hydrogen-bond donors (Lipinski definition) is 2. The molecule has 3 rings (SSSR count). The summed E-state index contributed by atoms with van der Waals surface area (Å²) in [6.45, 7) is 6.78. The Bertz CT molecular complexity index is 1050. The van der Waals surface area contributed by atoms with Gasteiger partial charge in [-0.25, -0.2) is 0 Å². The molecule has 1 unspecified atom stereocenters. The Labute approximate surface area is 220 Å². The molecule has 1 atom stereocenters. The van der Waals surface area contributed by atoms with E-state index in [4.69, 9.17) is 0 Å². The highest BCUT2D eigenvalue weighted by molar-refractivity contribution is 6.05. The normalized spacial score (nSPS) is 15.6. The van der Waals surface area contributed by atoms with Gasteiger partial charge in [-0.15, -0.1) is 0 Å². The molecule has 2 aromatic carbocycles. The molecule has 2 aromatic rings. The molecule has 1 aliphatic rings. The molecule has 0 spiro atoms. The molecule has 37 heavy (non-hydrogen) atoms. The number of amides is 3. The van der Waals surface area contributed by atoms with Crippen molar-refractivity contribution in [2.75, 3.05) is 16.8 Å². The lowest BCUT2D eigenvalue weighted by Crippen LogP contribution is -2.47. The molecule has 198 valence electrons. The maximum Gasteiger partial charge on any atom is 0.255 e. The minimum atomic E-state index is -0.492. The van der Waals surface area contributed by atoms with Crippen LogP contribution in [0.25, 0.3) is 0 Å². The summed E-state index contributed by atoms with van der Waals surface area (Å²) in [7, 11) is 0. The van der Waals surface area contributed by atoms with Crippen molar-refractivity contribution >= 4 is 34.8 Å². The van der Waals surface area contributed by atoms with Gasteiger partial charge in [-0.3, -0.25) is 19.8 Å². The minimum absolute atomic E-state index is 0.103. The summed E-state index contributed by atoms with van der Waals surface area (Å²) in [5.74, 6) is -1.56. The Hall–Kier alpha value is -3.61. The fourth-order valence-corrected chi connectivity index (χ4v) is 4.39. The SMILES string of the molecule is CCCCCC/C=C/C1CC(=O)N(NC(=O)CCN(c2ccc(Nc3ccccc3)cc2)C(C)C)C1=O. The molecule has 7 heteroatoms. The van der Waals surface area contributed by atoms with Crippen LogP contribution in [0.3, 0.4) is 0 Å². The van der Waals surface area contributed by atoms with Crippen LogP contribution in [0.15, 0.2) is 66.7 Å². The minimum Gasteiger partial charge on any atom is -0.369 e. The van der Waals surface area contributed by atoms with Crippen molar-refractivity contribution in [3.8, 4) is 0 Å². The van der Waals surface area contributed by atoms with E-state index in [2.05, 4.69) is 36.4 Å². The number of nitrogens with one attached hydrogen (secondary N) is 2. The van der Waals surface area contributed by atoms with E-state index in [9.17, 15) is 14.4 Å². The molecule has 0 aromatic heterocycles. The standard InChI is InChI=1S/C30H40N4O3/c1-4-5-6-7-8-10-13-24-22-29(36)34(30(24)37)32-28(35)20-21-33(23(2)3)27-18-16-26(17-19-27)31-25-14-11-9-12-15-25/h9-19,23-24,31H,4-8,20-22H2,1-3H3,(H,32,35)/b13-10+. The summed E-state index contributed by atoms with van der Waals surface area (Å²) >= 11 is 0. The second kappa shape index (κ2) is 14.2. The second-order valence-corrected chi connectivity index (χ2v) is 9.77. The van der Waals surface area contributed by atoms with E-state index in [0.717, 1.165) is 34.9 Å². The lowest BCUT2D eigenvalue weighted by molar-refractivity contribution is -0.148. The quantitative estimate of drug-likeness (QED) is 0.188. The van der Waals surface area contributed by atoms with Crippen LogP contribution in [0.5, 0.6) is 0 Å². The summed E-state index contributed by atoms with van der Waals surface area (Å²) in [5.41, 5.74) is 5.53. The van der Waals surface area contributed by atoms with Crippen LogP contribution in [-0.2, 0) is 14.4 Å². The fourth-order valence-electron chi connectivity index (χ4n) is 4.39. The van der Waals surface area contributed by atoms with Crippen LogP contribution in [0, 0.1) is 5.92 Å². The van der Waals surface area contributed by atoms with Gasteiger partial charge in [0, 0.05) is 42.5 Å². The molecular weight excluding hydrogens is 464 g/mol. The van der Waals surface area contributed by atoms with Crippen molar-refractivity contribution in [2.45, 2.75) is 71.8 Å². The molecule has 1 fully saturated rings. The van der Waals surface area contributed by atoms with Gasteiger partial charge in [0.2, 0.25) is 11.8 Å². The van der Waals surface area contributed by atoms with Crippen molar-refractivity contribution in [3.05, 3.63) is 66.7 Å². The number of imide groups is 1. The number of unbranched alkanes of at least 4 members (excludes halogenated alkanes) is 4. The third-order valence-electron chi connectivity index (χ3n) is 6.48. The summed E-state index contributed by atoms with van der Waals surface area (Å²) in [5, 5.41) is 4.27. The van der Waals surface area contributed by atoms with E-state index in [0.29, 0.717) is 6.54 Å². The Morgan fingerprint density at radius 1 is 1.03 bits per heavy atom. The number of carbonyl (C=O) groups excluding carboxylic acids is 3. The van der Waals surface area contributed by atoms with Gasteiger partial charge in [0.1, 0.15) is 0 Å². The zero-order chi connectivity index (χ0) is 26.6. The van der Waals surface area contributed by atoms with E-state index < -0.39 is 5.92 Å². The number of para-hydroxylation sites is 1. The maximum atomic E-state index is 12.7. The molecule has 0 aliphatic carbocycles. The topological polar surface area (TPSA) is 81.8 Å². The van der Waals surface area contributed by atoms with Crippen molar-refractivity contribution in [2.24, 2.45) is 5.92 Å². The van der Waals surface area contributed by atoms with Crippen molar-refractivity contribution < 1.29 is 14.4 Å². The molecule has 1 saturated heterocycles. The van der Waals surface area contributed by atoms with E-state index in [1.807, 2.05) is 66.7 Å². The summed E-state index contributed by atoms with van der Waals surface area (Å²) in [6, 6.07) is 18.2. The average Bonchev–Trinajstić information content (AvgIpc) is 3.15. The predicted octanol–water partition coefficient (Wildman–Crippen LogP) is 5.97. The number of allylic oxidation sites excluding steroid dienone is 1. The summed E-state index contributed by atoms with van der Waals surface area (Å²) in [4.78, 5) is 39.8. The lowest BCUT2D eigenvalue weighted by atomic mass is 10.1. The zero-order valence-electron chi connectivity index (χ0n) is 22.3. The molecule has 1 heterocycles.